The van der Waals surface area contributed by atoms with Gasteiger partial charge in [0.2, 0.25) is 11.1 Å². The highest BCUT2D eigenvalue weighted by atomic mass is 32.2. The first-order chi connectivity index (χ1) is 12.2. The summed E-state index contributed by atoms with van der Waals surface area (Å²) in [5, 5.41) is 14.9. The molecule has 0 radical (unpaired) electrons. The van der Waals surface area contributed by atoms with Gasteiger partial charge in [0.15, 0.2) is 0 Å². The average Bonchev–Trinajstić information content (AvgIpc) is 3.26. The molecule has 2 heterocycles. The van der Waals surface area contributed by atoms with Crippen molar-refractivity contribution in [3.05, 3.63) is 54.1 Å². The monoisotopic (exact) mass is 357 g/mol. The van der Waals surface area contributed by atoms with Gasteiger partial charge in [-0.25, -0.2) is 9.67 Å². The number of carbonyl (C=O) groups is 1. The van der Waals surface area contributed by atoms with E-state index < -0.39 is 0 Å². The fourth-order valence-corrected chi connectivity index (χ4v) is 3.08. The maximum absolute atomic E-state index is 12.0. The molecule has 9 heteroatoms. The number of nitrogens with zero attached hydrogens (tertiary/aromatic N) is 6. The summed E-state index contributed by atoms with van der Waals surface area (Å²) in [6, 6.07) is 8.18. The standard InChI is InChI=1S/C16H19N7OS/c1-22-16(19-20-21-22)25-8-5-15(24)18-10-13-3-2-4-14(9-13)11-23-7-6-17-12-23/h2-4,6-7,9,12H,5,8,10-11H2,1H3,(H,18,24). The van der Waals surface area contributed by atoms with Crippen molar-refractivity contribution in [2.24, 2.45) is 7.05 Å². The smallest absolute Gasteiger partial charge is 0.221 e. The molecule has 0 atom stereocenters. The van der Waals surface area contributed by atoms with Crippen molar-refractivity contribution in [3.8, 4) is 0 Å². The average molecular weight is 357 g/mol. The number of carbonyl (C=O) groups excluding carboxylic acids is 1. The molecule has 3 aromatic rings. The summed E-state index contributed by atoms with van der Waals surface area (Å²) in [6.45, 7) is 1.29. The SMILES string of the molecule is Cn1nnnc1SCCC(=O)NCc1cccc(Cn2ccnc2)c1. The minimum absolute atomic E-state index is 0.0163. The second-order valence-corrected chi connectivity index (χ2v) is 6.58. The van der Waals surface area contributed by atoms with Crippen molar-refractivity contribution < 1.29 is 4.79 Å². The third-order valence-corrected chi connectivity index (χ3v) is 4.56. The lowest BCUT2D eigenvalue weighted by Crippen LogP contribution is -2.23. The number of nitrogens with one attached hydrogen (secondary N) is 1. The molecule has 3 rings (SSSR count). The van der Waals surface area contributed by atoms with E-state index in [0.717, 1.165) is 12.1 Å². The Hall–Kier alpha value is -2.68. The quantitative estimate of drug-likeness (QED) is 0.610. The Morgan fingerprint density at radius 2 is 2.20 bits per heavy atom. The molecule has 0 fully saturated rings. The Balaban J connectivity index is 1.43. The first-order valence-corrected chi connectivity index (χ1v) is 8.84. The van der Waals surface area contributed by atoms with Gasteiger partial charge in [-0.3, -0.25) is 4.79 Å². The van der Waals surface area contributed by atoms with Gasteiger partial charge in [0.05, 0.1) is 6.33 Å². The third-order valence-electron chi connectivity index (χ3n) is 3.55. The van der Waals surface area contributed by atoms with Gasteiger partial charge in [0.25, 0.3) is 0 Å². The molecule has 0 saturated heterocycles. The summed E-state index contributed by atoms with van der Waals surface area (Å²) in [5.41, 5.74) is 2.26. The maximum atomic E-state index is 12.0. The number of hydrogen-bond acceptors (Lipinski definition) is 6. The Kier molecular flexibility index (Phi) is 5.78. The molecule has 8 nitrogen and oxygen atoms in total. The van der Waals surface area contributed by atoms with Crippen LogP contribution in [0.1, 0.15) is 17.5 Å². The van der Waals surface area contributed by atoms with Crippen LogP contribution in [0.3, 0.4) is 0 Å². The second kappa shape index (κ2) is 8.43. The summed E-state index contributed by atoms with van der Waals surface area (Å²) in [4.78, 5) is 16.0. The van der Waals surface area contributed by atoms with Crippen LogP contribution in [0.4, 0.5) is 0 Å². The van der Waals surface area contributed by atoms with Gasteiger partial charge in [0, 0.05) is 44.7 Å². The molecular weight excluding hydrogens is 338 g/mol. The van der Waals surface area contributed by atoms with Gasteiger partial charge < -0.3 is 9.88 Å². The van der Waals surface area contributed by atoms with E-state index in [2.05, 4.69) is 38.0 Å². The van der Waals surface area contributed by atoms with Crippen LogP contribution < -0.4 is 5.32 Å². The summed E-state index contributed by atoms with van der Waals surface area (Å²) in [5.74, 6) is 0.656. The molecule has 1 amide bonds. The largest absolute Gasteiger partial charge is 0.352 e. The highest BCUT2D eigenvalue weighted by Crippen LogP contribution is 2.13. The number of aryl methyl sites for hydroxylation is 1. The predicted molar refractivity (Wildman–Crippen MR) is 93.8 cm³/mol. The van der Waals surface area contributed by atoms with Crippen LogP contribution in [0.5, 0.6) is 0 Å². The van der Waals surface area contributed by atoms with Crippen molar-refractivity contribution in [1.29, 1.82) is 0 Å². The van der Waals surface area contributed by atoms with Crippen molar-refractivity contribution in [3.63, 3.8) is 0 Å². The van der Waals surface area contributed by atoms with E-state index in [0.29, 0.717) is 23.9 Å². The molecular formula is C16H19N7OS. The second-order valence-electron chi connectivity index (χ2n) is 5.52. The molecule has 0 unspecified atom stereocenters. The van der Waals surface area contributed by atoms with Crippen LogP contribution in [0.15, 0.2) is 48.1 Å². The molecule has 0 aliphatic rings. The van der Waals surface area contributed by atoms with Crippen molar-refractivity contribution in [2.75, 3.05) is 5.75 Å². The Morgan fingerprint density at radius 3 is 2.96 bits per heavy atom. The zero-order valence-electron chi connectivity index (χ0n) is 13.9. The molecule has 0 aliphatic carbocycles. The molecule has 1 N–H and O–H groups in total. The van der Waals surface area contributed by atoms with Crippen LogP contribution >= 0.6 is 11.8 Å². The fraction of sp³-hybridized carbons (Fsp3) is 0.312. The van der Waals surface area contributed by atoms with Gasteiger partial charge in [-0.05, 0) is 21.6 Å². The normalized spacial score (nSPS) is 10.8. The van der Waals surface area contributed by atoms with Gasteiger partial charge >= 0.3 is 0 Å². The molecule has 130 valence electrons. The van der Waals surface area contributed by atoms with Crippen molar-refractivity contribution >= 4 is 17.7 Å². The maximum Gasteiger partial charge on any atom is 0.221 e. The molecule has 0 aliphatic heterocycles. The summed E-state index contributed by atoms with van der Waals surface area (Å²) < 4.78 is 3.60. The number of rotatable bonds is 8. The minimum atomic E-state index is 0.0163. The molecule has 1 aromatic carbocycles. The topological polar surface area (TPSA) is 90.5 Å². The Morgan fingerprint density at radius 1 is 1.32 bits per heavy atom. The van der Waals surface area contributed by atoms with E-state index in [-0.39, 0.29) is 5.91 Å². The number of hydrogen-bond donors (Lipinski definition) is 1. The van der Waals surface area contributed by atoms with E-state index in [4.69, 9.17) is 0 Å². The van der Waals surface area contributed by atoms with Crippen LogP contribution in [0.25, 0.3) is 0 Å². The van der Waals surface area contributed by atoms with E-state index in [1.807, 2.05) is 22.9 Å². The van der Waals surface area contributed by atoms with E-state index >= 15 is 0 Å². The van der Waals surface area contributed by atoms with Gasteiger partial charge in [-0.1, -0.05) is 36.0 Å². The number of amides is 1. The lowest BCUT2D eigenvalue weighted by Gasteiger charge is -2.08. The summed E-state index contributed by atoms with van der Waals surface area (Å²) in [7, 11) is 1.78. The van der Waals surface area contributed by atoms with Crippen LogP contribution in [0.2, 0.25) is 0 Å². The van der Waals surface area contributed by atoms with Crippen LogP contribution in [-0.4, -0.2) is 41.4 Å². The van der Waals surface area contributed by atoms with Crippen LogP contribution in [-0.2, 0) is 24.9 Å². The van der Waals surface area contributed by atoms with Gasteiger partial charge in [-0.15, -0.1) is 5.10 Å². The number of thioether (sulfide) groups is 1. The van der Waals surface area contributed by atoms with E-state index in [1.165, 1.54) is 17.3 Å². The molecule has 25 heavy (non-hydrogen) atoms. The summed E-state index contributed by atoms with van der Waals surface area (Å²) >= 11 is 1.47. The first-order valence-electron chi connectivity index (χ1n) is 7.86. The zero-order valence-corrected chi connectivity index (χ0v) is 14.7. The lowest BCUT2D eigenvalue weighted by atomic mass is 10.1. The molecule has 0 saturated carbocycles. The zero-order chi connectivity index (χ0) is 17.5. The lowest BCUT2D eigenvalue weighted by molar-refractivity contribution is -0.120. The molecule has 0 spiro atoms. The van der Waals surface area contributed by atoms with Crippen molar-refractivity contribution in [2.45, 2.75) is 24.7 Å². The fourth-order valence-electron chi connectivity index (χ4n) is 2.30. The number of imidazole rings is 1. The number of aromatic nitrogens is 6. The van der Waals surface area contributed by atoms with Crippen LogP contribution in [0, 0.1) is 0 Å². The molecule has 2 aromatic heterocycles. The van der Waals surface area contributed by atoms with Gasteiger partial charge in [-0.2, -0.15) is 0 Å². The van der Waals surface area contributed by atoms with Gasteiger partial charge in [0.1, 0.15) is 0 Å². The molecule has 0 bridgehead atoms. The predicted octanol–water partition coefficient (Wildman–Crippen LogP) is 1.25. The highest BCUT2D eigenvalue weighted by molar-refractivity contribution is 7.99. The Labute approximate surface area is 149 Å². The van der Waals surface area contributed by atoms with Crippen molar-refractivity contribution in [1.82, 2.24) is 35.1 Å². The summed E-state index contributed by atoms with van der Waals surface area (Å²) in [6.07, 6.45) is 5.91. The van der Waals surface area contributed by atoms with E-state index in [1.54, 1.807) is 24.3 Å². The Bertz CT molecular complexity index is 816. The minimum Gasteiger partial charge on any atom is -0.352 e. The number of tetrazole rings is 1. The van der Waals surface area contributed by atoms with E-state index in [9.17, 15) is 4.79 Å². The third kappa shape index (κ3) is 5.15. The number of benzene rings is 1. The highest BCUT2D eigenvalue weighted by Gasteiger charge is 2.06. The first kappa shape index (κ1) is 17.2.